The van der Waals surface area contributed by atoms with Gasteiger partial charge in [-0.2, -0.15) is 4.68 Å². The number of hydrogen-bond acceptors (Lipinski definition) is 5. The topological polar surface area (TPSA) is 42.1 Å². The van der Waals surface area contributed by atoms with Gasteiger partial charge < -0.3 is 4.90 Å². The third-order valence-electron chi connectivity index (χ3n) is 4.78. The number of nitrogens with zero attached hydrogens (tertiary/aromatic N) is 6. The van der Waals surface area contributed by atoms with Crippen LogP contribution in [0.15, 0.2) is 48.5 Å². The molecule has 27 heavy (non-hydrogen) atoms. The van der Waals surface area contributed by atoms with Crippen LogP contribution in [0.5, 0.6) is 0 Å². The number of benzene rings is 2. The minimum absolute atomic E-state index is 0.582. The summed E-state index contributed by atoms with van der Waals surface area (Å²) in [5.41, 5.74) is 3.44. The van der Waals surface area contributed by atoms with Crippen molar-refractivity contribution >= 4 is 29.5 Å². The molecule has 0 atom stereocenters. The zero-order valence-corrected chi connectivity index (χ0v) is 16.7. The first-order valence-corrected chi connectivity index (χ1v) is 9.71. The number of rotatable bonds is 4. The Balaban J connectivity index is 1.41. The first-order chi connectivity index (χ1) is 13.1. The molecule has 6 nitrogen and oxygen atoms in total. The molecule has 1 aromatic heterocycles. The van der Waals surface area contributed by atoms with E-state index in [9.17, 15) is 0 Å². The molecule has 0 saturated carbocycles. The van der Waals surface area contributed by atoms with Crippen LogP contribution in [0, 0.1) is 11.7 Å². The Labute approximate surface area is 168 Å². The van der Waals surface area contributed by atoms with Crippen LogP contribution in [0.2, 0.25) is 5.02 Å². The second-order valence-corrected chi connectivity index (χ2v) is 7.54. The number of aromatic nitrogens is 4. The number of piperazine rings is 1. The van der Waals surface area contributed by atoms with Crippen molar-refractivity contribution in [3.05, 3.63) is 63.9 Å². The predicted octanol–water partition coefficient (Wildman–Crippen LogP) is 3.54. The van der Waals surface area contributed by atoms with Crippen molar-refractivity contribution in [2.24, 2.45) is 0 Å². The maximum atomic E-state index is 5.95. The minimum atomic E-state index is 0.582. The van der Waals surface area contributed by atoms with Crippen molar-refractivity contribution in [3.8, 4) is 5.69 Å². The van der Waals surface area contributed by atoms with E-state index in [0.717, 1.165) is 31.9 Å². The summed E-state index contributed by atoms with van der Waals surface area (Å²) in [6.45, 7) is 6.68. The second kappa shape index (κ2) is 7.80. The largest absolute Gasteiger partial charge is 0.369 e. The van der Waals surface area contributed by atoms with E-state index >= 15 is 0 Å². The molecule has 0 radical (unpaired) electrons. The van der Waals surface area contributed by atoms with Gasteiger partial charge in [-0.05, 0) is 71.5 Å². The third-order valence-corrected chi connectivity index (χ3v) is 5.42. The summed E-state index contributed by atoms with van der Waals surface area (Å²) in [5, 5.41) is 9.12. The van der Waals surface area contributed by atoms with Gasteiger partial charge in [0.05, 0.1) is 12.4 Å². The number of tetrazole rings is 1. The highest BCUT2D eigenvalue weighted by molar-refractivity contribution is 7.71. The maximum absolute atomic E-state index is 5.95. The van der Waals surface area contributed by atoms with Gasteiger partial charge in [0.2, 0.25) is 4.77 Å². The molecule has 8 heteroatoms. The molecule has 140 valence electrons. The highest BCUT2D eigenvalue weighted by atomic mass is 35.5. The van der Waals surface area contributed by atoms with Crippen LogP contribution in [0.25, 0.3) is 5.69 Å². The molecule has 1 aliphatic heterocycles. The fourth-order valence-corrected chi connectivity index (χ4v) is 3.63. The molecule has 2 aromatic carbocycles. The van der Waals surface area contributed by atoms with Crippen LogP contribution in [0.3, 0.4) is 0 Å². The van der Waals surface area contributed by atoms with E-state index in [1.165, 1.54) is 11.3 Å². The summed E-state index contributed by atoms with van der Waals surface area (Å²) < 4.78 is 4.01. The first-order valence-electron chi connectivity index (χ1n) is 8.93. The Hall–Kier alpha value is -2.22. The molecule has 0 aliphatic carbocycles. The lowest BCUT2D eigenvalue weighted by Crippen LogP contribution is -2.47. The smallest absolute Gasteiger partial charge is 0.221 e. The molecule has 4 rings (SSSR count). The predicted molar refractivity (Wildman–Crippen MR) is 110 cm³/mol. The van der Waals surface area contributed by atoms with Crippen molar-refractivity contribution in [1.29, 1.82) is 0 Å². The number of halogens is 1. The molecule has 1 fully saturated rings. The zero-order valence-electron chi connectivity index (χ0n) is 15.1. The van der Waals surface area contributed by atoms with Gasteiger partial charge in [0.15, 0.2) is 0 Å². The molecule has 0 N–H and O–H groups in total. The van der Waals surface area contributed by atoms with Crippen LogP contribution in [0.1, 0.15) is 5.56 Å². The zero-order chi connectivity index (χ0) is 18.8. The monoisotopic (exact) mass is 400 g/mol. The molecular formula is C19H21ClN6S. The summed E-state index contributed by atoms with van der Waals surface area (Å²) >= 11 is 11.5. The highest BCUT2D eigenvalue weighted by Gasteiger charge is 2.18. The molecule has 1 aliphatic rings. The van der Waals surface area contributed by atoms with E-state index in [1.807, 2.05) is 24.3 Å². The van der Waals surface area contributed by atoms with Gasteiger partial charge in [-0.3, -0.25) is 4.90 Å². The molecule has 0 unspecified atom stereocenters. The summed E-state index contributed by atoms with van der Waals surface area (Å²) in [6, 6.07) is 16.1. The minimum Gasteiger partial charge on any atom is -0.369 e. The Morgan fingerprint density at radius 1 is 0.963 bits per heavy atom. The van der Waals surface area contributed by atoms with Crippen LogP contribution in [0.4, 0.5) is 5.69 Å². The lowest BCUT2D eigenvalue weighted by Gasteiger charge is -2.35. The standard InChI is InChI=1S/C19H21ClN6S/c1-15-3-2-4-18(13-15)24-11-9-23(10-12-24)14-25-19(27)26(22-21-25)17-7-5-16(20)6-8-17/h2-8,13H,9-12,14H2,1H3. The van der Waals surface area contributed by atoms with Crippen molar-refractivity contribution in [1.82, 2.24) is 24.7 Å². The Morgan fingerprint density at radius 2 is 1.70 bits per heavy atom. The fourth-order valence-electron chi connectivity index (χ4n) is 3.27. The van der Waals surface area contributed by atoms with Crippen LogP contribution in [-0.2, 0) is 6.67 Å². The van der Waals surface area contributed by atoms with Gasteiger partial charge in [-0.25, -0.2) is 4.68 Å². The van der Waals surface area contributed by atoms with E-state index in [2.05, 4.69) is 51.4 Å². The van der Waals surface area contributed by atoms with Crippen molar-refractivity contribution in [3.63, 3.8) is 0 Å². The summed E-state index contributed by atoms with van der Waals surface area (Å²) in [4.78, 5) is 4.77. The van der Waals surface area contributed by atoms with Gasteiger partial charge in [-0.15, -0.1) is 0 Å². The van der Waals surface area contributed by atoms with Gasteiger partial charge in [-0.1, -0.05) is 23.7 Å². The van der Waals surface area contributed by atoms with E-state index in [0.29, 0.717) is 16.5 Å². The Kier molecular flexibility index (Phi) is 5.24. The molecule has 0 amide bonds. The summed E-state index contributed by atoms with van der Waals surface area (Å²) in [6.07, 6.45) is 0. The number of anilines is 1. The van der Waals surface area contributed by atoms with Crippen molar-refractivity contribution in [2.75, 3.05) is 31.1 Å². The SMILES string of the molecule is Cc1cccc(N2CCN(Cn3nnn(-c4ccc(Cl)cc4)c3=S)CC2)c1. The third kappa shape index (κ3) is 4.05. The average molecular weight is 401 g/mol. The molecule has 2 heterocycles. The van der Waals surface area contributed by atoms with Crippen molar-refractivity contribution in [2.45, 2.75) is 13.6 Å². The normalized spacial score (nSPS) is 15.3. The van der Waals surface area contributed by atoms with Crippen LogP contribution in [-0.4, -0.2) is 50.9 Å². The van der Waals surface area contributed by atoms with E-state index in [-0.39, 0.29) is 0 Å². The Bertz CT molecular complexity index is 972. The van der Waals surface area contributed by atoms with E-state index in [1.54, 1.807) is 9.36 Å². The summed E-state index contributed by atoms with van der Waals surface area (Å²) in [7, 11) is 0. The molecular weight excluding hydrogens is 380 g/mol. The number of hydrogen-bond donors (Lipinski definition) is 0. The van der Waals surface area contributed by atoms with Crippen LogP contribution < -0.4 is 4.90 Å². The van der Waals surface area contributed by atoms with E-state index in [4.69, 9.17) is 23.8 Å². The quantitative estimate of drug-likeness (QED) is 0.626. The lowest BCUT2D eigenvalue weighted by atomic mass is 10.2. The van der Waals surface area contributed by atoms with Crippen molar-refractivity contribution < 1.29 is 0 Å². The van der Waals surface area contributed by atoms with Crippen LogP contribution >= 0.6 is 23.8 Å². The first kappa shape index (κ1) is 18.2. The van der Waals surface area contributed by atoms with Gasteiger partial charge >= 0.3 is 0 Å². The summed E-state index contributed by atoms with van der Waals surface area (Å²) in [5.74, 6) is 0. The van der Waals surface area contributed by atoms with Gasteiger partial charge in [0.1, 0.15) is 0 Å². The highest BCUT2D eigenvalue weighted by Crippen LogP contribution is 2.18. The fraction of sp³-hybridized carbons (Fsp3) is 0.316. The molecule has 0 spiro atoms. The average Bonchev–Trinajstić information content (AvgIpc) is 3.03. The van der Waals surface area contributed by atoms with Gasteiger partial charge in [0.25, 0.3) is 0 Å². The van der Waals surface area contributed by atoms with E-state index < -0.39 is 0 Å². The number of aryl methyl sites for hydroxylation is 1. The maximum Gasteiger partial charge on any atom is 0.221 e. The Morgan fingerprint density at radius 3 is 2.41 bits per heavy atom. The second-order valence-electron chi connectivity index (χ2n) is 6.73. The molecule has 1 saturated heterocycles. The molecule has 3 aromatic rings. The van der Waals surface area contributed by atoms with Gasteiger partial charge in [0, 0.05) is 36.9 Å². The lowest BCUT2D eigenvalue weighted by molar-refractivity contribution is 0.193. The molecule has 0 bridgehead atoms.